The van der Waals surface area contributed by atoms with E-state index in [0.29, 0.717) is 13.0 Å². The third-order valence-electron chi connectivity index (χ3n) is 3.27. The summed E-state index contributed by atoms with van der Waals surface area (Å²) in [6.45, 7) is 0.684. The molecule has 0 fully saturated rings. The van der Waals surface area contributed by atoms with Crippen LogP contribution >= 0.6 is 11.3 Å². The maximum atomic E-state index is 12.3. The fourth-order valence-electron chi connectivity index (χ4n) is 2.22. The zero-order valence-electron chi connectivity index (χ0n) is 10.2. The predicted octanol–water partition coefficient (Wildman–Crippen LogP) is 2.89. The molecule has 1 aliphatic heterocycles. The van der Waals surface area contributed by atoms with Crippen LogP contribution in [0.1, 0.15) is 23.2 Å². The summed E-state index contributed by atoms with van der Waals surface area (Å²) in [5.41, 5.74) is 1.90. The van der Waals surface area contributed by atoms with Gasteiger partial charge in [0.2, 0.25) is 5.71 Å². The van der Waals surface area contributed by atoms with E-state index >= 15 is 0 Å². The molecule has 0 atom stereocenters. The van der Waals surface area contributed by atoms with Crippen molar-refractivity contribution in [3.8, 4) is 0 Å². The molecule has 1 aromatic carbocycles. The van der Waals surface area contributed by atoms with Gasteiger partial charge in [0.05, 0.1) is 12.8 Å². The molecule has 0 saturated heterocycles. The standard InChI is InChI=1S/C14H14NO2S/c1-15-10(6-7-17-15)8-13(16)12-9-18-14-5-3-2-4-11(12)14/h2-5,9H,6-8H2,1H3/q+1. The smallest absolute Gasteiger partial charge is 0.215 e. The fourth-order valence-corrected chi connectivity index (χ4v) is 3.19. The number of hydrogen-bond donors (Lipinski definition) is 0. The number of benzene rings is 1. The molecule has 0 saturated carbocycles. The highest BCUT2D eigenvalue weighted by Gasteiger charge is 2.25. The number of Topliss-reactive ketones (excluding diaryl/α,β-unsaturated/α-hetero) is 1. The number of ketones is 1. The molecule has 3 nitrogen and oxygen atoms in total. The normalized spacial score (nSPS) is 15.2. The summed E-state index contributed by atoms with van der Waals surface area (Å²) in [4.78, 5) is 17.6. The molecule has 0 amide bonds. The van der Waals surface area contributed by atoms with Crippen molar-refractivity contribution in [3.63, 3.8) is 0 Å². The van der Waals surface area contributed by atoms with Gasteiger partial charge in [-0.1, -0.05) is 18.2 Å². The first-order valence-corrected chi connectivity index (χ1v) is 6.84. The van der Waals surface area contributed by atoms with Crippen LogP contribution in [0.2, 0.25) is 0 Å². The zero-order chi connectivity index (χ0) is 12.5. The molecule has 1 aromatic heterocycles. The fraction of sp³-hybridized carbons (Fsp3) is 0.286. The number of rotatable bonds is 3. The Morgan fingerprint density at radius 2 is 2.28 bits per heavy atom. The number of carbonyl (C=O) groups excluding carboxylic acids is 1. The van der Waals surface area contributed by atoms with Gasteiger partial charge in [-0.25, -0.2) is 0 Å². The highest BCUT2D eigenvalue weighted by Crippen LogP contribution is 2.26. The lowest BCUT2D eigenvalue weighted by Gasteiger charge is -1.97. The monoisotopic (exact) mass is 260 g/mol. The summed E-state index contributed by atoms with van der Waals surface area (Å²) in [6, 6.07) is 8.04. The van der Waals surface area contributed by atoms with Crippen LogP contribution in [0.5, 0.6) is 0 Å². The molecule has 0 spiro atoms. The first kappa shape index (κ1) is 11.4. The van der Waals surface area contributed by atoms with Gasteiger partial charge in [-0.3, -0.25) is 9.63 Å². The molecule has 4 heteroatoms. The molecule has 18 heavy (non-hydrogen) atoms. The summed E-state index contributed by atoms with van der Waals surface area (Å²) >= 11 is 1.63. The van der Waals surface area contributed by atoms with Gasteiger partial charge in [0.25, 0.3) is 0 Å². The minimum absolute atomic E-state index is 0.180. The molecule has 92 valence electrons. The SMILES string of the molecule is C[N+]1=C(CC(=O)c2csc3ccccc23)CCO1. The first-order chi connectivity index (χ1) is 8.75. The van der Waals surface area contributed by atoms with E-state index in [1.54, 1.807) is 16.1 Å². The minimum atomic E-state index is 0.180. The van der Waals surface area contributed by atoms with Gasteiger partial charge >= 0.3 is 0 Å². The second-order valence-electron chi connectivity index (χ2n) is 4.39. The van der Waals surface area contributed by atoms with Crippen molar-refractivity contribution < 1.29 is 14.4 Å². The lowest BCUT2D eigenvalue weighted by atomic mass is 10.0. The Kier molecular flexibility index (Phi) is 2.88. The molecule has 0 unspecified atom stereocenters. The van der Waals surface area contributed by atoms with E-state index in [1.807, 2.05) is 30.6 Å². The van der Waals surface area contributed by atoms with E-state index in [0.717, 1.165) is 23.1 Å². The molecule has 0 aliphatic carbocycles. The number of hydroxylamine groups is 1. The molecule has 2 heterocycles. The summed E-state index contributed by atoms with van der Waals surface area (Å²) in [5.74, 6) is 0.180. The van der Waals surface area contributed by atoms with Gasteiger partial charge in [-0.15, -0.1) is 11.3 Å². The Bertz CT molecular complexity index is 642. The second kappa shape index (κ2) is 4.53. The third kappa shape index (κ3) is 1.93. The van der Waals surface area contributed by atoms with Gasteiger partial charge < -0.3 is 0 Å². The van der Waals surface area contributed by atoms with Crippen molar-refractivity contribution >= 4 is 32.9 Å². The van der Waals surface area contributed by atoms with Crippen molar-refractivity contribution in [1.29, 1.82) is 0 Å². The highest BCUT2D eigenvalue weighted by molar-refractivity contribution is 7.17. The molecular weight excluding hydrogens is 246 g/mol. The number of nitrogens with zero attached hydrogens (tertiary/aromatic N) is 1. The number of fused-ring (bicyclic) bond motifs is 1. The number of thiophene rings is 1. The molecule has 0 N–H and O–H groups in total. The van der Waals surface area contributed by atoms with Gasteiger partial charge in [-0.2, -0.15) is 0 Å². The van der Waals surface area contributed by atoms with E-state index < -0.39 is 0 Å². The Morgan fingerprint density at radius 3 is 3.06 bits per heavy atom. The number of carbonyl (C=O) groups is 1. The molecule has 1 aliphatic rings. The third-order valence-corrected chi connectivity index (χ3v) is 4.23. The van der Waals surface area contributed by atoms with Gasteiger partial charge in [-0.05, 0) is 10.8 Å². The van der Waals surface area contributed by atoms with Crippen LogP contribution in [0, 0.1) is 0 Å². The maximum Gasteiger partial charge on any atom is 0.215 e. The topological polar surface area (TPSA) is 29.3 Å². The Morgan fingerprint density at radius 1 is 1.44 bits per heavy atom. The zero-order valence-corrected chi connectivity index (χ0v) is 11.0. The lowest BCUT2D eigenvalue weighted by molar-refractivity contribution is -0.758. The summed E-state index contributed by atoms with van der Waals surface area (Å²) in [7, 11) is 1.86. The van der Waals surface area contributed by atoms with Gasteiger partial charge in [0, 0.05) is 21.0 Å². The Labute approximate surface area is 109 Å². The van der Waals surface area contributed by atoms with E-state index in [1.165, 1.54) is 4.70 Å². The largest absolute Gasteiger partial charge is 0.294 e. The Balaban J connectivity index is 1.91. The van der Waals surface area contributed by atoms with Crippen LogP contribution in [-0.4, -0.2) is 29.9 Å². The molecule has 0 radical (unpaired) electrons. The molecule has 0 bridgehead atoms. The summed E-state index contributed by atoms with van der Waals surface area (Å²) in [6.07, 6.45) is 1.31. The first-order valence-electron chi connectivity index (χ1n) is 5.96. The van der Waals surface area contributed by atoms with Crippen LogP contribution in [0.3, 0.4) is 0 Å². The van der Waals surface area contributed by atoms with Crippen molar-refractivity contribution in [2.24, 2.45) is 0 Å². The summed E-state index contributed by atoms with van der Waals surface area (Å²) in [5, 5.41) is 3.03. The molecule has 2 aromatic rings. The van der Waals surface area contributed by atoms with Gasteiger partial charge in [0.15, 0.2) is 19.4 Å². The van der Waals surface area contributed by atoms with E-state index in [2.05, 4.69) is 6.07 Å². The summed E-state index contributed by atoms with van der Waals surface area (Å²) < 4.78 is 2.90. The maximum absolute atomic E-state index is 12.3. The van der Waals surface area contributed by atoms with Crippen molar-refractivity contribution in [2.45, 2.75) is 12.8 Å². The Hall–Kier alpha value is -1.68. The van der Waals surface area contributed by atoms with Crippen molar-refractivity contribution in [3.05, 3.63) is 35.2 Å². The lowest BCUT2D eigenvalue weighted by Crippen LogP contribution is -2.13. The highest BCUT2D eigenvalue weighted by atomic mass is 32.1. The van der Waals surface area contributed by atoms with Crippen LogP contribution < -0.4 is 0 Å². The van der Waals surface area contributed by atoms with Crippen LogP contribution in [0.15, 0.2) is 29.6 Å². The quantitative estimate of drug-likeness (QED) is 0.627. The van der Waals surface area contributed by atoms with E-state index in [-0.39, 0.29) is 5.78 Å². The average molecular weight is 260 g/mol. The average Bonchev–Trinajstić information content (AvgIpc) is 2.96. The van der Waals surface area contributed by atoms with Crippen molar-refractivity contribution in [2.75, 3.05) is 13.7 Å². The van der Waals surface area contributed by atoms with Crippen LogP contribution in [0.25, 0.3) is 10.1 Å². The van der Waals surface area contributed by atoms with Crippen LogP contribution in [0.4, 0.5) is 0 Å². The van der Waals surface area contributed by atoms with Gasteiger partial charge in [0.1, 0.15) is 0 Å². The predicted molar refractivity (Wildman–Crippen MR) is 72.5 cm³/mol. The number of hydrogen-bond acceptors (Lipinski definition) is 3. The van der Waals surface area contributed by atoms with Crippen molar-refractivity contribution in [1.82, 2.24) is 0 Å². The van der Waals surface area contributed by atoms with E-state index in [4.69, 9.17) is 4.84 Å². The molecular formula is C14H14NO2S+. The second-order valence-corrected chi connectivity index (χ2v) is 5.30. The van der Waals surface area contributed by atoms with Crippen LogP contribution in [-0.2, 0) is 4.84 Å². The molecule has 3 rings (SSSR count). The minimum Gasteiger partial charge on any atom is -0.294 e. The van der Waals surface area contributed by atoms with E-state index in [9.17, 15) is 4.79 Å².